The number of nitrogens with zero attached hydrogens (tertiary/aromatic N) is 4. The molecule has 0 bridgehead atoms. The number of non-ortho nitro benzene ring substituents is 1. The Morgan fingerprint density at radius 3 is 2.18 bits per heavy atom. The zero-order valence-corrected chi connectivity index (χ0v) is 30.9. The Hall–Kier alpha value is -6.89. The van der Waals surface area contributed by atoms with Gasteiger partial charge in [0.05, 0.1) is 53.7 Å². The Morgan fingerprint density at radius 2 is 1.45 bits per heavy atom. The number of aliphatic imine (C=N–C) groups is 1. The molecule has 2 atom stereocenters. The van der Waals surface area contributed by atoms with Crippen LogP contribution in [0.3, 0.4) is 0 Å². The van der Waals surface area contributed by atoms with Crippen LogP contribution >= 0.6 is 0 Å². The van der Waals surface area contributed by atoms with Crippen molar-refractivity contribution < 1.29 is 33.5 Å². The number of benzene rings is 5. The van der Waals surface area contributed by atoms with Gasteiger partial charge in [-0.1, -0.05) is 35.9 Å². The lowest BCUT2D eigenvalue weighted by Gasteiger charge is -2.23. The molecule has 56 heavy (non-hydrogen) atoms. The number of para-hydroxylation sites is 1. The molecule has 0 unspecified atom stereocenters. The molecule has 0 saturated carbocycles. The molecule has 0 saturated heterocycles. The molecular formula is C43H37N5O8. The number of nitrogens with one attached hydrogen (secondary N) is 1. The summed E-state index contributed by atoms with van der Waals surface area (Å²) in [5.41, 5.74) is 7.99. The molecule has 5 aromatic carbocycles. The topological polar surface area (TPSA) is 145 Å². The minimum Gasteiger partial charge on any atom is -0.493 e. The molecule has 0 radical (unpaired) electrons. The van der Waals surface area contributed by atoms with Crippen LogP contribution in [0, 0.1) is 17.0 Å². The van der Waals surface area contributed by atoms with Crippen LogP contribution in [0.4, 0.5) is 28.4 Å². The van der Waals surface area contributed by atoms with Crippen molar-refractivity contribution in [1.29, 1.82) is 0 Å². The quantitative estimate of drug-likeness (QED) is 0.121. The van der Waals surface area contributed by atoms with Crippen LogP contribution in [0.2, 0.25) is 0 Å². The van der Waals surface area contributed by atoms with E-state index in [9.17, 15) is 19.7 Å². The van der Waals surface area contributed by atoms with Crippen LogP contribution in [-0.4, -0.2) is 55.8 Å². The molecule has 1 N–H and O–H groups in total. The number of ether oxygens (including phenoxy) is 4. The summed E-state index contributed by atoms with van der Waals surface area (Å²) in [5, 5.41) is 15.5. The summed E-state index contributed by atoms with van der Waals surface area (Å²) in [6.45, 7) is 2.53. The highest BCUT2D eigenvalue weighted by atomic mass is 16.6. The van der Waals surface area contributed by atoms with Gasteiger partial charge in [-0.2, -0.15) is 0 Å². The largest absolute Gasteiger partial charge is 0.493 e. The number of hydrogen-bond donors (Lipinski definition) is 1. The molecule has 2 amide bonds. The Labute approximate surface area is 322 Å². The number of fused-ring (bicyclic) bond motifs is 8. The first kappa shape index (κ1) is 34.9. The van der Waals surface area contributed by atoms with E-state index in [0.29, 0.717) is 69.6 Å². The zero-order valence-electron chi connectivity index (χ0n) is 30.9. The Morgan fingerprint density at radius 1 is 0.768 bits per heavy atom. The molecule has 0 aromatic heterocycles. The molecule has 13 heteroatoms. The maximum absolute atomic E-state index is 13.9. The normalized spacial score (nSPS) is 17.3. The molecular weight excluding hydrogens is 714 g/mol. The lowest BCUT2D eigenvalue weighted by molar-refractivity contribution is -0.385. The molecule has 0 spiro atoms. The molecule has 5 aromatic rings. The summed E-state index contributed by atoms with van der Waals surface area (Å²) in [4.78, 5) is 47.6. The Kier molecular flexibility index (Phi) is 8.56. The average Bonchev–Trinajstić information content (AvgIpc) is 3.69. The van der Waals surface area contributed by atoms with Gasteiger partial charge in [-0.05, 0) is 65.9 Å². The van der Waals surface area contributed by atoms with Gasteiger partial charge < -0.3 is 29.2 Å². The molecule has 0 aliphatic carbocycles. The Bertz CT molecular complexity index is 2500. The smallest absolute Gasteiger partial charge is 0.270 e. The molecule has 4 aliphatic heterocycles. The number of aryl methyl sites for hydroxylation is 1. The summed E-state index contributed by atoms with van der Waals surface area (Å²) in [6.07, 6.45) is 3.20. The van der Waals surface area contributed by atoms with Gasteiger partial charge in [0.1, 0.15) is 13.2 Å². The number of anilines is 3. The fraction of sp³-hybridized carbons (Fsp3) is 0.233. The minimum absolute atomic E-state index is 0.0287. The lowest BCUT2D eigenvalue weighted by atomic mass is 10.1. The van der Waals surface area contributed by atoms with E-state index < -0.39 is 4.92 Å². The van der Waals surface area contributed by atoms with E-state index in [4.69, 9.17) is 18.9 Å². The number of methoxy groups -OCH3 is 2. The fourth-order valence-electron chi connectivity index (χ4n) is 8.13. The van der Waals surface area contributed by atoms with E-state index in [1.165, 1.54) is 26.4 Å². The molecule has 9 rings (SSSR count). The van der Waals surface area contributed by atoms with Crippen molar-refractivity contribution in [2.45, 2.75) is 45.1 Å². The number of nitro groups is 1. The fourth-order valence-corrected chi connectivity index (χ4v) is 8.13. The highest BCUT2D eigenvalue weighted by Crippen LogP contribution is 2.43. The monoisotopic (exact) mass is 751 g/mol. The number of carbonyl (C=O) groups excluding carboxylic acids is 2. The summed E-state index contributed by atoms with van der Waals surface area (Å²) in [5.74, 6) is 1.09. The van der Waals surface area contributed by atoms with Crippen molar-refractivity contribution in [3.63, 3.8) is 0 Å². The van der Waals surface area contributed by atoms with Crippen molar-refractivity contribution in [1.82, 2.24) is 0 Å². The van der Waals surface area contributed by atoms with Crippen molar-refractivity contribution in [3.05, 3.63) is 134 Å². The highest BCUT2D eigenvalue weighted by Gasteiger charge is 2.39. The van der Waals surface area contributed by atoms with E-state index >= 15 is 0 Å². The lowest BCUT2D eigenvalue weighted by Crippen LogP contribution is -2.39. The van der Waals surface area contributed by atoms with E-state index in [-0.39, 0.29) is 42.8 Å². The molecule has 282 valence electrons. The second-order valence-electron chi connectivity index (χ2n) is 14.3. The van der Waals surface area contributed by atoms with Gasteiger partial charge in [0.15, 0.2) is 23.0 Å². The molecule has 4 heterocycles. The average molecular weight is 752 g/mol. The van der Waals surface area contributed by atoms with Gasteiger partial charge in [0.2, 0.25) is 0 Å². The minimum atomic E-state index is -0.467. The van der Waals surface area contributed by atoms with Gasteiger partial charge in [-0.15, -0.1) is 0 Å². The van der Waals surface area contributed by atoms with Crippen molar-refractivity contribution in [2.24, 2.45) is 4.99 Å². The molecule has 0 fully saturated rings. The van der Waals surface area contributed by atoms with Gasteiger partial charge in [-0.25, -0.2) is 0 Å². The van der Waals surface area contributed by atoms with E-state index in [2.05, 4.69) is 16.4 Å². The van der Waals surface area contributed by atoms with Crippen LogP contribution in [-0.2, 0) is 26.1 Å². The van der Waals surface area contributed by atoms with Crippen molar-refractivity contribution in [3.8, 4) is 23.0 Å². The van der Waals surface area contributed by atoms with Gasteiger partial charge >= 0.3 is 0 Å². The maximum Gasteiger partial charge on any atom is 0.270 e. The van der Waals surface area contributed by atoms with Crippen LogP contribution in [0.15, 0.2) is 89.9 Å². The summed E-state index contributed by atoms with van der Waals surface area (Å²) < 4.78 is 23.7. The van der Waals surface area contributed by atoms with Crippen LogP contribution in [0.1, 0.15) is 48.5 Å². The van der Waals surface area contributed by atoms with Gasteiger partial charge in [0.25, 0.3) is 17.5 Å². The van der Waals surface area contributed by atoms with Gasteiger partial charge in [0, 0.05) is 54.8 Å². The van der Waals surface area contributed by atoms with E-state index in [1.807, 2.05) is 48.2 Å². The first-order valence-electron chi connectivity index (χ1n) is 18.3. The first-order chi connectivity index (χ1) is 27.2. The number of amides is 2. The van der Waals surface area contributed by atoms with Crippen LogP contribution < -0.4 is 34.1 Å². The number of hydrogen-bond acceptors (Lipinski definition) is 10. The second kappa shape index (κ2) is 13.8. The Balaban J connectivity index is 0.944. The third-order valence-electron chi connectivity index (χ3n) is 10.8. The van der Waals surface area contributed by atoms with Crippen LogP contribution in [0.5, 0.6) is 23.0 Å². The zero-order chi connectivity index (χ0) is 38.7. The number of carbonyl (C=O) groups is 2. The summed E-state index contributed by atoms with van der Waals surface area (Å²) >= 11 is 0. The maximum atomic E-state index is 13.9. The highest BCUT2D eigenvalue weighted by molar-refractivity contribution is 6.15. The van der Waals surface area contributed by atoms with E-state index in [0.717, 1.165) is 34.5 Å². The number of rotatable bonds is 9. The predicted octanol–water partition coefficient (Wildman–Crippen LogP) is 7.36. The van der Waals surface area contributed by atoms with Gasteiger partial charge in [-0.3, -0.25) is 29.6 Å². The summed E-state index contributed by atoms with van der Waals surface area (Å²) in [6, 6.07) is 25.1. The standard InChI is InChI=1S/C43H37N5O8/c1-24-8-9-37-28(10-24)15-31-21-45-35-19-41(39(54-3)17-33(35)43(50)47(31)37)56-23-26-11-25(12-29(13-26)48(51)52)22-55-40-18-34-32(16-38(40)53-2)42(49)46-30(20-44-34)14-27-6-4-5-7-36(27)46/h4-13,16-20,30-31,45H,14-15,21-23H2,1-3H3/t30-,31-/m0/s1. The van der Waals surface area contributed by atoms with E-state index in [1.54, 1.807) is 41.4 Å². The van der Waals surface area contributed by atoms with Crippen molar-refractivity contribution in [2.75, 3.05) is 35.9 Å². The second-order valence-corrected chi connectivity index (χ2v) is 14.3. The molecule has 4 aliphatic rings. The summed E-state index contributed by atoms with van der Waals surface area (Å²) in [7, 11) is 2.99. The SMILES string of the molecule is COc1cc2c(cc1OCc1cc(COc3cc4c(cc3OC)C(=O)N3c5ccc(C)cc5C[C@H]3CN4)cc([N+](=O)[O-])c1)N=C[C@@H]1Cc3ccccc3N1C2=O. The first-order valence-corrected chi connectivity index (χ1v) is 18.3. The van der Waals surface area contributed by atoms with Crippen LogP contribution in [0.25, 0.3) is 0 Å². The van der Waals surface area contributed by atoms with Crippen molar-refractivity contribution >= 4 is 46.5 Å². The third-order valence-corrected chi connectivity index (χ3v) is 10.8. The molecule has 13 nitrogen and oxygen atoms in total. The third kappa shape index (κ3) is 6.01. The number of nitro benzene ring substituents is 1. The predicted molar refractivity (Wildman–Crippen MR) is 211 cm³/mol.